The van der Waals surface area contributed by atoms with Crippen molar-refractivity contribution >= 4 is 21.4 Å². The zero-order valence-corrected chi connectivity index (χ0v) is 11.2. The Morgan fingerprint density at radius 3 is 2.21 bits per heavy atom. The number of benzene rings is 1. The van der Waals surface area contributed by atoms with Gasteiger partial charge in [-0.25, -0.2) is 17.2 Å². The van der Waals surface area contributed by atoms with E-state index in [1.807, 2.05) is 0 Å². The van der Waals surface area contributed by atoms with Gasteiger partial charge in [0.2, 0.25) is 5.91 Å². The molecule has 1 aromatic rings. The molecule has 0 aromatic heterocycles. The maximum atomic E-state index is 13.5. The molecule has 0 aliphatic rings. The number of nitrogens with one attached hydrogen (secondary N) is 1. The largest absolute Gasteiger partial charge is 0.399 e. The summed E-state index contributed by atoms with van der Waals surface area (Å²) in [6, 6.07) is 1.11. The highest BCUT2D eigenvalue weighted by Gasteiger charge is 2.27. The molecule has 1 rings (SSSR count). The van der Waals surface area contributed by atoms with Crippen LogP contribution in [0.5, 0.6) is 0 Å². The van der Waals surface area contributed by atoms with Crippen molar-refractivity contribution in [3.8, 4) is 0 Å². The van der Waals surface area contributed by atoms with Gasteiger partial charge in [0.15, 0.2) is 9.84 Å². The molecule has 0 bridgehead atoms. The minimum Gasteiger partial charge on any atom is -0.399 e. The van der Waals surface area contributed by atoms with E-state index in [0.717, 1.165) is 0 Å². The summed E-state index contributed by atoms with van der Waals surface area (Å²) in [7, 11) is -4.40. The summed E-state index contributed by atoms with van der Waals surface area (Å²) in [5, 5.41) is 2.33. The second kappa shape index (κ2) is 5.52. The third-order valence-corrected chi connectivity index (χ3v) is 3.76. The van der Waals surface area contributed by atoms with Crippen LogP contribution in [-0.4, -0.2) is 26.1 Å². The lowest BCUT2D eigenvalue weighted by atomic mass is 10.3. The number of rotatable bonds is 4. The van der Waals surface area contributed by atoms with Gasteiger partial charge in [0.05, 0.1) is 0 Å². The smallest absolute Gasteiger partial charge is 0.235 e. The summed E-state index contributed by atoms with van der Waals surface area (Å²) in [4.78, 5) is 10.2. The van der Waals surface area contributed by atoms with E-state index in [0.29, 0.717) is 12.1 Å². The number of nitrogens with two attached hydrogens (primary N) is 1. The molecule has 0 aliphatic heterocycles. The van der Waals surface area contributed by atoms with Gasteiger partial charge in [-0.3, -0.25) is 4.79 Å². The summed E-state index contributed by atoms with van der Waals surface area (Å²) in [6.45, 7) is 3.27. The van der Waals surface area contributed by atoms with E-state index in [-0.39, 0.29) is 11.7 Å². The van der Waals surface area contributed by atoms with E-state index in [2.05, 4.69) is 5.32 Å². The Hall–Kier alpha value is -1.70. The van der Waals surface area contributed by atoms with Gasteiger partial charge in [-0.2, -0.15) is 0 Å². The van der Waals surface area contributed by atoms with Crippen molar-refractivity contribution in [3.05, 3.63) is 23.8 Å². The predicted molar refractivity (Wildman–Crippen MR) is 66.1 cm³/mol. The summed E-state index contributed by atoms with van der Waals surface area (Å²) in [5.41, 5.74) is 4.95. The summed E-state index contributed by atoms with van der Waals surface area (Å²) < 4.78 is 50.6. The first-order valence-electron chi connectivity index (χ1n) is 5.40. The van der Waals surface area contributed by atoms with Gasteiger partial charge in [-0.1, -0.05) is 0 Å². The Morgan fingerprint density at radius 1 is 1.32 bits per heavy atom. The van der Waals surface area contributed by atoms with Crippen LogP contribution in [0, 0.1) is 11.6 Å². The zero-order chi connectivity index (χ0) is 14.8. The molecule has 0 spiro atoms. The van der Waals surface area contributed by atoms with Crippen LogP contribution in [0.25, 0.3) is 0 Å². The molecule has 0 unspecified atom stereocenters. The molecule has 5 nitrogen and oxygen atoms in total. The molecule has 1 amide bonds. The van der Waals surface area contributed by atoms with E-state index in [1.54, 1.807) is 13.8 Å². The van der Waals surface area contributed by atoms with Gasteiger partial charge in [0.25, 0.3) is 0 Å². The number of amides is 1. The third-order valence-electron chi connectivity index (χ3n) is 2.10. The van der Waals surface area contributed by atoms with Crippen molar-refractivity contribution < 1.29 is 22.0 Å². The van der Waals surface area contributed by atoms with Crippen LogP contribution < -0.4 is 11.1 Å². The molecule has 0 aliphatic carbocycles. The minimum absolute atomic E-state index is 0.236. The van der Waals surface area contributed by atoms with Gasteiger partial charge in [0.1, 0.15) is 22.3 Å². The van der Waals surface area contributed by atoms with Gasteiger partial charge in [-0.05, 0) is 26.0 Å². The van der Waals surface area contributed by atoms with E-state index in [1.165, 1.54) is 0 Å². The fourth-order valence-electron chi connectivity index (χ4n) is 1.48. The summed E-state index contributed by atoms with van der Waals surface area (Å²) in [6.07, 6.45) is 0. The highest BCUT2D eigenvalue weighted by atomic mass is 32.2. The number of carbonyl (C=O) groups is 1. The first-order valence-corrected chi connectivity index (χ1v) is 7.05. The maximum Gasteiger partial charge on any atom is 0.235 e. The molecule has 0 saturated heterocycles. The van der Waals surface area contributed by atoms with E-state index in [9.17, 15) is 22.0 Å². The van der Waals surface area contributed by atoms with Crippen LogP contribution in [0.2, 0.25) is 0 Å². The SMILES string of the molecule is CC(C)NC(=O)CS(=O)(=O)c1c(F)cc(N)cc1F. The average Bonchev–Trinajstić information content (AvgIpc) is 2.10. The monoisotopic (exact) mass is 292 g/mol. The lowest BCUT2D eigenvalue weighted by molar-refractivity contribution is -0.119. The van der Waals surface area contributed by atoms with Crippen molar-refractivity contribution in [2.45, 2.75) is 24.8 Å². The van der Waals surface area contributed by atoms with Crippen LogP contribution in [0.1, 0.15) is 13.8 Å². The topological polar surface area (TPSA) is 89.3 Å². The van der Waals surface area contributed by atoms with E-state index >= 15 is 0 Å². The van der Waals surface area contributed by atoms with Crippen LogP contribution in [0.4, 0.5) is 14.5 Å². The number of hydrogen-bond donors (Lipinski definition) is 2. The Morgan fingerprint density at radius 2 is 1.79 bits per heavy atom. The number of hydrogen-bond acceptors (Lipinski definition) is 4. The number of nitrogen functional groups attached to an aromatic ring is 1. The second-order valence-corrected chi connectivity index (χ2v) is 6.22. The quantitative estimate of drug-likeness (QED) is 0.805. The van der Waals surface area contributed by atoms with Crippen LogP contribution >= 0.6 is 0 Å². The summed E-state index contributed by atoms with van der Waals surface area (Å²) in [5.74, 6) is -4.47. The molecule has 1 aromatic carbocycles. The number of sulfone groups is 1. The first kappa shape index (κ1) is 15.4. The average molecular weight is 292 g/mol. The normalized spacial score (nSPS) is 11.6. The number of anilines is 1. The molecule has 3 N–H and O–H groups in total. The molecule has 19 heavy (non-hydrogen) atoms. The van der Waals surface area contributed by atoms with Crippen LogP contribution in [0.3, 0.4) is 0 Å². The Labute approximate surface area is 109 Å². The van der Waals surface area contributed by atoms with Gasteiger partial charge in [0, 0.05) is 11.7 Å². The Balaban J connectivity index is 3.12. The fraction of sp³-hybridized carbons (Fsp3) is 0.364. The standard InChI is InChI=1S/C11H14F2N2O3S/c1-6(2)15-10(16)5-19(17,18)11-8(12)3-7(14)4-9(11)13/h3-4,6H,5,14H2,1-2H3,(H,15,16). The highest BCUT2D eigenvalue weighted by Crippen LogP contribution is 2.22. The van der Waals surface area contributed by atoms with Crippen molar-refractivity contribution in [2.75, 3.05) is 11.5 Å². The molecule has 0 heterocycles. The van der Waals surface area contributed by atoms with Crippen molar-refractivity contribution in [3.63, 3.8) is 0 Å². The molecule has 0 fully saturated rings. The molecule has 106 valence electrons. The van der Waals surface area contributed by atoms with Gasteiger partial charge < -0.3 is 11.1 Å². The first-order chi connectivity index (χ1) is 8.63. The lowest BCUT2D eigenvalue weighted by Crippen LogP contribution is -2.35. The van der Waals surface area contributed by atoms with Crippen LogP contribution in [-0.2, 0) is 14.6 Å². The second-order valence-electron chi connectivity index (χ2n) is 4.29. The lowest BCUT2D eigenvalue weighted by Gasteiger charge is -2.10. The molecule has 0 atom stereocenters. The number of halogens is 2. The summed E-state index contributed by atoms with van der Waals surface area (Å²) >= 11 is 0. The van der Waals surface area contributed by atoms with Crippen LogP contribution in [0.15, 0.2) is 17.0 Å². The van der Waals surface area contributed by atoms with Gasteiger partial charge >= 0.3 is 0 Å². The molecule has 8 heteroatoms. The molecule has 0 radical (unpaired) electrons. The van der Waals surface area contributed by atoms with E-state index < -0.39 is 38.0 Å². The van der Waals surface area contributed by atoms with E-state index in [4.69, 9.17) is 5.73 Å². The zero-order valence-electron chi connectivity index (χ0n) is 10.4. The minimum atomic E-state index is -4.40. The molecular weight excluding hydrogens is 278 g/mol. The van der Waals surface area contributed by atoms with Crippen molar-refractivity contribution in [1.29, 1.82) is 0 Å². The molecular formula is C11H14F2N2O3S. The van der Waals surface area contributed by atoms with Crippen molar-refractivity contribution in [2.24, 2.45) is 0 Å². The van der Waals surface area contributed by atoms with Crippen molar-refractivity contribution in [1.82, 2.24) is 5.32 Å². The Kier molecular flexibility index (Phi) is 4.46. The van der Waals surface area contributed by atoms with Gasteiger partial charge in [-0.15, -0.1) is 0 Å². The fourth-order valence-corrected chi connectivity index (χ4v) is 2.77. The third kappa shape index (κ3) is 3.88. The Bertz CT molecular complexity index is 577. The number of carbonyl (C=O) groups excluding carboxylic acids is 1. The maximum absolute atomic E-state index is 13.5. The molecule has 0 saturated carbocycles. The predicted octanol–water partition coefficient (Wildman–Crippen LogP) is 0.845. The highest BCUT2D eigenvalue weighted by molar-refractivity contribution is 7.92.